The molecule has 0 amide bonds. The van der Waals surface area contributed by atoms with Crippen molar-refractivity contribution in [3.8, 4) is 0 Å². The number of hydrogen-bond acceptors (Lipinski definition) is 3. The van der Waals surface area contributed by atoms with E-state index in [0.717, 1.165) is 16.8 Å². The zero-order valence-corrected chi connectivity index (χ0v) is 9.22. The zero-order valence-electron chi connectivity index (χ0n) is 7.63. The number of aryl methyl sites for hydroxylation is 1. The van der Waals surface area contributed by atoms with Gasteiger partial charge in [-0.25, -0.2) is 4.98 Å². The van der Waals surface area contributed by atoms with Gasteiger partial charge in [-0.1, -0.05) is 0 Å². The topological polar surface area (TPSA) is 53.4 Å². The lowest BCUT2D eigenvalue weighted by molar-refractivity contribution is 0.258. The number of aliphatic hydroxyl groups is 2. The van der Waals surface area contributed by atoms with Crippen molar-refractivity contribution in [2.45, 2.75) is 27.1 Å². The van der Waals surface area contributed by atoms with Crippen molar-refractivity contribution in [1.82, 2.24) is 4.98 Å². The number of halogens is 1. The molecule has 0 radical (unpaired) electrons. The molecule has 1 heterocycles. The summed E-state index contributed by atoms with van der Waals surface area (Å²) in [6.45, 7) is 3.59. The van der Waals surface area contributed by atoms with Gasteiger partial charge in [-0.2, -0.15) is 0 Å². The van der Waals surface area contributed by atoms with Gasteiger partial charge in [0.25, 0.3) is 0 Å². The van der Waals surface area contributed by atoms with Crippen LogP contribution in [-0.2, 0) is 13.2 Å². The van der Waals surface area contributed by atoms with E-state index in [-0.39, 0.29) is 13.2 Å². The molecule has 0 aromatic carbocycles. The fourth-order valence-electron chi connectivity index (χ4n) is 1.24. The Labute approximate surface area is 85.6 Å². The normalized spacial score (nSPS) is 10.5. The Bertz CT molecular complexity index is 326. The van der Waals surface area contributed by atoms with Crippen LogP contribution in [-0.4, -0.2) is 15.2 Å². The van der Waals surface area contributed by atoms with Crippen LogP contribution >= 0.6 is 15.9 Å². The Hall–Kier alpha value is -0.450. The average Bonchev–Trinajstić information content (AvgIpc) is 2.10. The van der Waals surface area contributed by atoms with Gasteiger partial charge in [-0.05, 0) is 40.9 Å². The highest BCUT2D eigenvalue weighted by Crippen LogP contribution is 2.23. The van der Waals surface area contributed by atoms with E-state index in [1.807, 2.05) is 13.8 Å². The summed E-state index contributed by atoms with van der Waals surface area (Å²) in [4.78, 5) is 4.20. The zero-order chi connectivity index (χ0) is 10.0. The molecule has 72 valence electrons. The van der Waals surface area contributed by atoms with Gasteiger partial charge in [0.1, 0.15) is 4.60 Å². The summed E-state index contributed by atoms with van der Waals surface area (Å²) in [5.74, 6) is 0. The number of hydrogen-bond donors (Lipinski definition) is 2. The minimum absolute atomic E-state index is 0.0658. The average molecular weight is 246 g/mol. The van der Waals surface area contributed by atoms with Gasteiger partial charge in [0.05, 0.1) is 13.2 Å². The molecule has 13 heavy (non-hydrogen) atoms. The van der Waals surface area contributed by atoms with Gasteiger partial charge in [0.15, 0.2) is 0 Å². The lowest BCUT2D eigenvalue weighted by Gasteiger charge is -2.12. The van der Waals surface area contributed by atoms with E-state index >= 15 is 0 Å². The molecule has 1 rings (SSSR count). The van der Waals surface area contributed by atoms with Crippen LogP contribution in [0.15, 0.2) is 4.60 Å². The first-order chi connectivity index (χ1) is 6.11. The highest BCUT2D eigenvalue weighted by molar-refractivity contribution is 9.10. The Morgan fingerprint density at radius 3 is 2.15 bits per heavy atom. The lowest BCUT2D eigenvalue weighted by Crippen LogP contribution is -2.03. The van der Waals surface area contributed by atoms with Crippen LogP contribution < -0.4 is 0 Å². The second-order valence-electron chi connectivity index (χ2n) is 2.89. The predicted octanol–water partition coefficient (Wildman–Crippen LogP) is 1.45. The standard InChI is InChI=1S/C9H12BrNO2/c1-5-6(2)11-9(10)8(4-13)7(5)3-12/h12-13H,3-4H2,1-2H3. The molecular formula is C9H12BrNO2. The summed E-state index contributed by atoms with van der Waals surface area (Å²) in [6, 6.07) is 0. The molecule has 0 fully saturated rings. The highest BCUT2D eigenvalue weighted by Gasteiger charge is 2.11. The van der Waals surface area contributed by atoms with Crippen LogP contribution in [0.3, 0.4) is 0 Å². The minimum atomic E-state index is -0.107. The van der Waals surface area contributed by atoms with Crippen molar-refractivity contribution in [1.29, 1.82) is 0 Å². The number of aromatic nitrogens is 1. The highest BCUT2D eigenvalue weighted by atomic mass is 79.9. The third kappa shape index (κ3) is 1.90. The molecule has 1 aromatic rings. The van der Waals surface area contributed by atoms with E-state index in [9.17, 15) is 0 Å². The molecule has 0 saturated carbocycles. The summed E-state index contributed by atoms with van der Waals surface area (Å²) in [5, 5.41) is 18.2. The van der Waals surface area contributed by atoms with Gasteiger partial charge >= 0.3 is 0 Å². The molecule has 0 bridgehead atoms. The molecule has 0 saturated heterocycles. The van der Waals surface area contributed by atoms with E-state index in [1.165, 1.54) is 0 Å². The van der Waals surface area contributed by atoms with Crippen LogP contribution in [0.1, 0.15) is 22.4 Å². The van der Waals surface area contributed by atoms with Crippen LogP contribution in [0.4, 0.5) is 0 Å². The molecule has 0 atom stereocenters. The van der Waals surface area contributed by atoms with Gasteiger partial charge in [0.2, 0.25) is 0 Å². The first-order valence-corrected chi connectivity index (χ1v) is 4.77. The van der Waals surface area contributed by atoms with Crippen molar-refractivity contribution in [2.24, 2.45) is 0 Å². The fraction of sp³-hybridized carbons (Fsp3) is 0.444. The SMILES string of the molecule is Cc1nc(Br)c(CO)c(CO)c1C. The third-order valence-electron chi connectivity index (χ3n) is 2.19. The molecule has 0 aliphatic rings. The van der Waals surface area contributed by atoms with Crippen LogP contribution in [0.2, 0.25) is 0 Å². The summed E-state index contributed by atoms with van der Waals surface area (Å²) in [7, 11) is 0. The molecular weight excluding hydrogens is 234 g/mol. The summed E-state index contributed by atoms with van der Waals surface area (Å²) in [6.07, 6.45) is 0. The molecule has 0 aliphatic carbocycles. The van der Waals surface area contributed by atoms with Crippen LogP contribution in [0, 0.1) is 13.8 Å². The van der Waals surface area contributed by atoms with Gasteiger partial charge in [-0.3, -0.25) is 0 Å². The molecule has 0 aliphatic heterocycles. The van der Waals surface area contributed by atoms with Crippen LogP contribution in [0.5, 0.6) is 0 Å². The molecule has 1 aromatic heterocycles. The first kappa shape index (κ1) is 10.6. The lowest BCUT2D eigenvalue weighted by atomic mass is 10.0. The van der Waals surface area contributed by atoms with E-state index < -0.39 is 0 Å². The van der Waals surface area contributed by atoms with Crippen molar-refractivity contribution in [3.63, 3.8) is 0 Å². The Morgan fingerprint density at radius 2 is 1.69 bits per heavy atom. The maximum absolute atomic E-state index is 9.12. The van der Waals surface area contributed by atoms with E-state index in [4.69, 9.17) is 10.2 Å². The number of rotatable bonds is 2. The fourth-order valence-corrected chi connectivity index (χ4v) is 1.87. The molecule has 2 N–H and O–H groups in total. The molecule has 0 spiro atoms. The summed E-state index contributed by atoms with van der Waals surface area (Å²) < 4.78 is 0.613. The van der Waals surface area contributed by atoms with Crippen LogP contribution in [0.25, 0.3) is 0 Å². The van der Waals surface area contributed by atoms with E-state index in [2.05, 4.69) is 20.9 Å². The number of nitrogens with zero attached hydrogens (tertiary/aromatic N) is 1. The summed E-state index contributed by atoms with van der Waals surface area (Å²) >= 11 is 3.25. The first-order valence-electron chi connectivity index (χ1n) is 3.98. The molecule has 3 nitrogen and oxygen atoms in total. The molecule has 4 heteroatoms. The van der Waals surface area contributed by atoms with Crippen molar-refractivity contribution in [2.75, 3.05) is 0 Å². The minimum Gasteiger partial charge on any atom is -0.392 e. The Kier molecular flexibility index (Phi) is 3.41. The largest absolute Gasteiger partial charge is 0.392 e. The van der Waals surface area contributed by atoms with Crippen molar-refractivity contribution >= 4 is 15.9 Å². The Morgan fingerprint density at radius 1 is 1.15 bits per heavy atom. The van der Waals surface area contributed by atoms with E-state index in [0.29, 0.717) is 10.2 Å². The van der Waals surface area contributed by atoms with Gasteiger partial charge in [-0.15, -0.1) is 0 Å². The molecule has 0 unspecified atom stereocenters. The Balaban J connectivity index is 3.41. The van der Waals surface area contributed by atoms with E-state index in [1.54, 1.807) is 0 Å². The van der Waals surface area contributed by atoms with Gasteiger partial charge < -0.3 is 10.2 Å². The van der Waals surface area contributed by atoms with Crippen molar-refractivity contribution < 1.29 is 10.2 Å². The maximum Gasteiger partial charge on any atom is 0.112 e. The quantitative estimate of drug-likeness (QED) is 0.776. The van der Waals surface area contributed by atoms with Gasteiger partial charge in [0, 0.05) is 11.3 Å². The number of pyridine rings is 1. The second-order valence-corrected chi connectivity index (χ2v) is 3.64. The van der Waals surface area contributed by atoms with Crippen molar-refractivity contribution in [3.05, 3.63) is 27.0 Å². The predicted molar refractivity (Wildman–Crippen MR) is 53.3 cm³/mol. The third-order valence-corrected chi connectivity index (χ3v) is 2.85. The monoisotopic (exact) mass is 245 g/mol. The summed E-state index contributed by atoms with van der Waals surface area (Å²) in [5.41, 5.74) is 3.25. The number of aliphatic hydroxyl groups excluding tert-OH is 2. The maximum atomic E-state index is 9.12. The second kappa shape index (κ2) is 4.17. The smallest absolute Gasteiger partial charge is 0.112 e.